The molecule has 1 aliphatic carbocycles. The van der Waals surface area contributed by atoms with Crippen molar-refractivity contribution in [1.82, 2.24) is 5.32 Å². The zero-order valence-corrected chi connectivity index (χ0v) is 10.9. The van der Waals surface area contributed by atoms with Crippen molar-refractivity contribution in [2.75, 3.05) is 13.2 Å². The number of rotatable bonds is 6. The van der Waals surface area contributed by atoms with E-state index in [1.807, 2.05) is 0 Å². The molecule has 1 saturated carbocycles. The number of hydrogen-bond acceptors (Lipinski definition) is 4. The first-order chi connectivity index (χ1) is 8.81. The highest BCUT2D eigenvalue weighted by molar-refractivity contribution is 5.19. The first-order valence-corrected chi connectivity index (χ1v) is 6.82. The van der Waals surface area contributed by atoms with Crippen LogP contribution in [0.15, 0.2) is 10.5 Å². The van der Waals surface area contributed by atoms with Crippen molar-refractivity contribution in [3.63, 3.8) is 0 Å². The molecule has 1 aliphatic heterocycles. The van der Waals surface area contributed by atoms with Crippen LogP contribution in [0.25, 0.3) is 0 Å². The highest BCUT2D eigenvalue weighted by Crippen LogP contribution is 2.22. The summed E-state index contributed by atoms with van der Waals surface area (Å²) in [6.45, 7) is 5.02. The van der Waals surface area contributed by atoms with E-state index in [0.29, 0.717) is 12.6 Å². The predicted molar refractivity (Wildman–Crippen MR) is 67.3 cm³/mol. The summed E-state index contributed by atoms with van der Waals surface area (Å²) in [6, 6.07) is 2.80. The molecular weight excluding hydrogens is 230 g/mol. The number of ether oxygens (including phenoxy) is 2. The van der Waals surface area contributed by atoms with Gasteiger partial charge in [-0.2, -0.15) is 0 Å². The van der Waals surface area contributed by atoms with Gasteiger partial charge in [0.2, 0.25) is 0 Å². The van der Waals surface area contributed by atoms with E-state index in [0.717, 1.165) is 37.7 Å². The van der Waals surface area contributed by atoms with Gasteiger partial charge in [-0.25, -0.2) is 0 Å². The van der Waals surface area contributed by atoms with Gasteiger partial charge in [0.25, 0.3) is 0 Å². The molecule has 3 rings (SSSR count). The number of nitrogens with one attached hydrogen (secondary N) is 1. The fraction of sp³-hybridized carbons (Fsp3) is 0.714. The molecule has 2 aliphatic rings. The van der Waals surface area contributed by atoms with Gasteiger partial charge in [0, 0.05) is 12.6 Å². The lowest BCUT2D eigenvalue weighted by Gasteiger charge is -2.07. The molecule has 2 fully saturated rings. The Balaban J connectivity index is 1.50. The number of hydrogen-bond donors (Lipinski definition) is 1. The zero-order valence-electron chi connectivity index (χ0n) is 10.9. The van der Waals surface area contributed by atoms with E-state index >= 15 is 0 Å². The van der Waals surface area contributed by atoms with Gasteiger partial charge in [-0.05, 0) is 37.8 Å². The second-order valence-electron chi connectivity index (χ2n) is 5.27. The lowest BCUT2D eigenvalue weighted by atomic mass is 10.2. The van der Waals surface area contributed by atoms with Crippen LogP contribution in [-0.4, -0.2) is 25.4 Å². The third kappa shape index (κ3) is 3.13. The van der Waals surface area contributed by atoms with Crippen LogP contribution in [0.2, 0.25) is 0 Å². The van der Waals surface area contributed by atoms with Crippen molar-refractivity contribution in [1.29, 1.82) is 0 Å². The fourth-order valence-electron chi connectivity index (χ4n) is 2.21. The molecule has 0 aromatic carbocycles. The smallest absolute Gasteiger partial charge is 0.130 e. The standard InChI is InChI=1S/C14H21NO3/c1-10-6-13(9-17-12-4-5-16-8-12)18-14(10)7-15-11-2-3-11/h6,11-12,15H,2-5,7-9H2,1H3. The Morgan fingerprint density at radius 1 is 1.39 bits per heavy atom. The minimum atomic E-state index is 0.239. The molecule has 1 saturated heterocycles. The van der Waals surface area contributed by atoms with Crippen molar-refractivity contribution in [2.24, 2.45) is 0 Å². The fourth-order valence-corrected chi connectivity index (χ4v) is 2.21. The maximum atomic E-state index is 5.82. The van der Waals surface area contributed by atoms with Crippen molar-refractivity contribution in [3.05, 3.63) is 23.2 Å². The van der Waals surface area contributed by atoms with Crippen LogP contribution < -0.4 is 5.32 Å². The minimum absolute atomic E-state index is 0.239. The topological polar surface area (TPSA) is 43.6 Å². The summed E-state index contributed by atoms with van der Waals surface area (Å²) < 4.78 is 16.9. The Morgan fingerprint density at radius 2 is 2.28 bits per heavy atom. The molecule has 1 aromatic rings. The molecule has 0 radical (unpaired) electrons. The molecule has 0 bridgehead atoms. The van der Waals surface area contributed by atoms with Gasteiger partial charge in [0.15, 0.2) is 0 Å². The highest BCUT2D eigenvalue weighted by atomic mass is 16.5. The summed E-state index contributed by atoms with van der Waals surface area (Å²) >= 11 is 0. The molecule has 4 nitrogen and oxygen atoms in total. The van der Waals surface area contributed by atoms with Gasteiger partial charge in [0.1, 0.15) is 18.1 Å². The van der Waals surface area contributed by atoms with E-state index in [2.05, 4.69) is 18.3 Å². The summed E-state index contributed by atoms with van der Waals surface area (Å²) in [5, 5.41) is 3.47. The van der Waals surface area contributed by atoms with E-state index in [9.17, 15) is 0 Å². The molecule has 2 heterocycles. The maximum absolute atomic E-state index is 5.82. The summed E-state index contributed by atoms with van der Waals surface area (Å²) in [6.07, 6.45) is 3.84. The summed E-state index contributed by atoms with van der Waals surface area (Å²) in [7, 11) is 0. The van der Waals surface area contributed by atoms with Gasteiger partial charge < -0.3 is 19.2 Å². The molecule has 1 atom stereocenters. The van der Waals surface area contributed by atoms with E-state index in [1.165, 1.54) is 18.4 Å². The zero-order chi connectivity index (χ0) is 12.4. The molecule has 1 N–H and O–H groups in total. The molecule has 4 heteroatoms. The van der Waals surface area contributed by atoms with E-state index < -0.39 is 0 Å². The van der Waals surface area contributed by atoms with Crippen LogP contribution in [0.3, 0.4) is 0 Å². The predicted octanol–water partition coefficient (Wildman–Crippen LogP) is 2.15. The number of furan rings is 1. The lowest BCUT2D eigenvalue weighted by Crippen LogP contribution is -2.15. The van der Waals surface area contributed by atoms with Crippen LogP contribution in [0.5, 0.6) is 0 Å². The Labute approximate surface area is 108 Å². The largest absolute Gasteiger partial charge is 0.462 e. The SMILES string of the molecule is Cc1cc(COC2CCOC2)oc1CNC1CC1. The minimum Gasteiger partial charge on any atom is -0.462 e. The molecule has 0 amide bonds. The van der Waals surface area contributed by atoms with Crippen LogP contribution in [-0.2, 0) is 22.6 Å². The average Bonchev–Trinajstić information content (AvgIpc) is 2.91. The third-order valence-corrected chi connectivity index (χ3v) is 3.55. The van der Waals surface area contributed by atoms with E-state index in [1.54, 1.807) is 0 Å². The Hall–Kier alpha value is -0.840. The van der Waals surface area contributed by atoms with E-state index in [4.69, 9.17) is 13.9 Å². The monoisotopic (exact) mass is 251 g/mol. The molecule has 18 heavy (non-hydrogen) atoms. The van der Waals surface area contributed by atoms with Crippen LogP contribution >= 0.6 is 0 Å². The van der Waals surface area contributed by atoms with Gasteiger partial charge in [0.05, 0.1) is 19.3 Å². The summed E-state index contributed by atoms with van der Waals surface area (Å²) in [5.74, 6) is 1.97. The van der Waals surface area contributed by atoms with Crippen LogP contribution in [0, 0.1) is 6.92 Å². The first-order valence-electron chi connectivity index (χ1n) is 6.82. The second-order valence-corrected chi connectivity index (χ2v) is 5.27. The van der Waals surface area contributed by atoms with Crippen molar-refractivity contribution in [2.45, 2.75) is 51.5 Å². The van der Waals surface area contributed by atoms with Gasteiger partial charge in [-0.1, -0.05) is 0 Å². The Bertz CT molecular complexity index is 392. The Kier molecular flexibility index (Phi) is 3.68. The third-order valence-electron chi connectivity index (χ3n) is 3.55. The normalized spacial score (nSPS) is 23.7. The van der Waals surface area contributed by atoms with Gasteiger partial charge in [-0.3, -0.25) is 0 Å². The average molecular weight is 251 g/mol. The van der Waals surface area contributed by atoms with Gasteiger partial charge in [-0.15, -0.1) is 0 Å². The quantitative estimate of drug-likeness (QED) is 0.841. The summed E-state index contributed by atoms with van der Waals surface area (Å²) in [4.78, 5) is 0. The van der Waals surface area contributed by atoms with E-state index in [-0.39, 0.29) is 6.10 Å². The molecule has 0 spiro atoms. The second kappa shape index (κ2) is 5.43. The lowest BCUT2D eigenvalue weighted by molar-refractivity contribution is 0.0230. The molecule has 1 unspecified atom stereocenters. The van der Waals surface area contributed by atoms with Crippen molar-refractivity contribution in [3.8, 4) is 0 Å². The molecule has 100 valence electrons. The van der Waals surface area contributed by atoms with Gasteiger partial charge >= 0.3 is 0 Å². The highest BCUT2D eigenvalue weighted by Gasteiger charge is 2.21. The van der Waals surface area contributed by atoms with Crippen LogP contribution in [0.4, 0.5) is 0 Å². The maximum Gasteiger partial charge on any atom is 0.130 e. The molecular formula is C14H21NO3. The van der Waals surface area contributed by atoms with Crippen molar-refractivity contribution >= 4 is 0 Å². The molecule has 1 aromatic heterocycles. The first kappa shape index (κ1) is 12.2. The Morgan fingerprint density at radius 3 is 3.00 bits per heavy atom. The van der Waals surface area contributed by atoms with Crippen molar-refractivity contribution < 1.29 is 13.9 Å². The summed E-state index contributed by atoms with van der Waals surface area (Å²) in [5.41, 5.74) is 1.21. The van der Waals surface area contributed by atoms with Crippen LogP contribution in [0.1, 0.15) is 36.3 Å². The number of aryl methyl sites for hydroxylation is 1.